The van der Waals surface area contributed by atoms with Crippen LogP contribution in [0.15, 0.2) is 60.9 Å². The van der Waals surface area contributed by atoms with Gasteiger partial charge in [0.1, 0.15) is 5.82 Å². The molecule has 0 aliphatic heterocycles. The first-order chi connectivity index (χ1) is 14.3. The van der Waals surface area contributed by atoms with Gasteiger partial charge in [0.2, 0.25) is 0 Å². The third-order valence-corrected chi connectivity index (χ3v) is 5.01. The molecule has 6 nitrogen and oxygen atoms in total. The van der Waals surface area contributed by atoms with Crippen molar-refractivity contribution in [2.75, 3.05) is 18.5 Å². The number of imidazole rings is 1. The Labute approximate surface area is 177 Å². The number of benzene rings is 2. The fourth-order valence-electron chi connectivity index (χ4n) is 3.20. The monoisotopic (exact) mass is 404 g/mol. The van der Waals surface area contributed by atoms with Crippen LogP contribution in [0.4, 0.5) is 5.69 Å². The van der Waals surface area contributed by atoms with Gasteiger partial charge in [-0.2, -0.15) is 0 Å². The summed E-state index contributed by atoms with van der Waals surface area (Å²) in [5.41, 5.74) is 2.79. The molecule has 0 radical (unpaired) electrons. The maximum absolute atomic E-state index is 13.0. The Bertz CT molecular complexity index is 1000. The van der Waals surface area contributed by atoms with Gasteiger partial charge in [0.25, 0.3) is 11.8 Å². The molecule has 0 saturated heterocycles. The van der Waals surface area contributed by atoms with Gasteiger partial charge in [-0.15, -0.1) is 0 Å². The van der Waals surface area contributed by atoms with Crippen LogP contribution in [0.3, 0.4) is 0 Å². The van der Waals surface area contributed by atoms with Crippen molar-refractivity contribution in [2.24, 2.45) is 0 Å². The average Bonchev–Trinajstić information content (AvgIpc) is 3.25. The summed E-state index contributed by atoms with van der Waals surface area (Å²) in [7, 11) is 1.69. The standard InChI is InChI=1S/C24H28N4O2/c1-24(2,3)18-11-9-17(10-12-18)23(30)28(4)20-8-6-5-7-19(20)22(29)27-14-13-21-25-15-16-26-21/h5-12,15-16H,13-14H2,1-4H3,(H,25,26)(H,27,29). The lowest BCUT2D eigenvalue weighted by Gasteiger charge is -2.22. The minimum absolute atomic E-state index is 0.0216. The maximum Gasteiger partial charge on any atom is 0.258 e. The number of H-pyrrole nitrogens is 1. The van der Waals surface area contributed by atoms with Crippen LogP contribution in [0, 0.1) is 0 Å². The number of para-hydroxylation sites is 1. The highest BCUT2D eigenvalue weighted by Gasteiger charge is 2.20. The number of hydrogen-bond acceptors (Lipinski definition) is 3. The molecule has 0 atom stereocenters. The van der Waals surface area contributed by atoms with Gasteiger partial charge in [-0.25, -0.2) is 4.98 Å². The molecule has 1 heterocycles. The summed E-state index contributed by atoms with van der Waals surface area (Å²) in [5, 5.41) is 2.90. The number of amides is 2. The molecule has 0 aliphatic rings. The van der Waals surface area contributed by atoms with Crippen LogP contribution in [0.2, 0.25) is 0 Å². The van der Waals surface area contributed by atoms with Crippen LogP contribution in [0.5, 0.6) is 0 Å². The number of nitrogens with one attached hydrogen (secondary N) is 2. The van der Waals surface area contributed by atoms with E-state index in [9.17, 15) is 9.59 Å². The van der Waals surface area contributed by atoms with Crippen LogP contribution >= 0.6 is 0 Å². The second-order valence-corrected chi connectivity index (χ2v) is 8.25. The number of hydrogen-bond donors (Lipinski definition) is 2. The van der Waals surface area contributed by atoms with Gasteiger partial charge in [0.15, 0.2) is 0 Å². The fraction of sp³-hybridized carbons (Fsp3) is 0.292. The molecule has 0 fully saturated rings. The SMILES string of the molecule is CN(C(=O)c1ccc(C(C)(C)C)cc1)c1ccccc1C(=O)NCCc1ncc[nH]1. The van der Waals surface area contributed by atoms with Crippen molar-refractivity contribution in [1.29, 1.82) is 0 Å². The summed E-state index contributed by atoms with van der Waals surface area (Å²) < 4.78 is 0. The van der Waals surface area contributed by atoms with E-state index in [0.717, 1.165) is 11.4 Å². The number of nitrogens with zero attached hydrogens (tertiary/aromatic N) is 2. The second-order valence-electron chi connectivity index (χ2n) is 8.25. The zero-order chi connectivity index (χ0) is 21.7. The van der Waals surface area contributed by atoms with Crippen molar-refractivity contribution in [3.63, 3.8) is 0 Å². The third-order valence-electron chi connectivity index (χ3n) is 5.01. The zero-order valence-electron chi connectivity index (χ0n) is 17.9. The molecule has 1 aromatic heterocycles. The van der Waals surface area contributed by atoms with Gasteiger partial charge in [-0.3, -0.25) is 9.59 Å². The van der Waals surface area contributed by atoms with Gasteiger partial charge in [0.05, 0.1) is 11.3 Å². The van der Waals surface area contributed by atoms with E-state index in [4.69, 9.17) is 0 Å². The predicted molar refractivity (Wildman–Crippen MR) is 119 cm³/mol. The van der Waals surface area contributed by atoms with Crippen LogP contribution in [0.25, 0.3) is 0 Å². The van der Waals surface area contributed by atoms with Crippen LogP contribution < -0.4 is 10.2 Å². The van der Waals surface area contributed by atoms with Gasteiger partial charge < -0.3 is 15.2 Å². The summed E-state index contributed by atoms with van der Waals surface area (Å²) >= 11 is 0. The highest BCUT2D eigenvalue weighted by atomic mass is 16.2. The lowest BCUT2D eigenvalue weighted by molar-refractivity contribution is 0.0954. The lowest BCUT2D eigenvalue weighted by Crippen LogP contribution is -2.31. The minimum Gasteiger partial charge on any atom is -0.352 e. The topological polar surface area (TPSA) is 78.1 Å². The van der Waals surface area contributed by atoms with Crippen molar-refractivity contribution in [1.82, 2.24) is 15.3 Å². The average molecular weight is 405 g/mol. The lowest BCUT2D eigenvalue weighted by atomic mass is 9.86. The zero-order valence-corrected chi connectivity index (χ0v) is 17.9. The fourth-order valence-corrected chi connectivity index (χ4v) is 3.20. The normalized spacial score (nSPS) is 11.2. The largest absolute Gasteiger partial charge is 0.352 e. The summed E-state index contributed by atoms with van der Waals surface area (Å²) in [4.78, 5) is 34.4. The molecule has 6 heteroatoms. The van der Waals surface area contributed by atoms with Gasteiger partial charge in [-0.1, -0.05) is 45.0 Å². The van der Waals surface area contributed by atoms with E-state index in [-0.39, 0.29) is 17.2 Å². The Hall–Kier alpha value is -3.41. The Morgan fingerprint density at radius 3 is 2.40 bits per heavy atom. The molecule has 3 aromatic rings. The molecule has 0 spiro atoms. The molecule has 0 bridgehead atoms. The number of aromatic nitrogens is 2. The molecule has 2 aromatic carbocycles. The minimum atomic E-state index is -0.222. The third kappa shape index (κ3) is 4.95. The van der Waals surface area contributed by atoms with Gasteiger partial charge >= 0.3 is 0 Å². The van der Waals surface area contributed by atoms with Crippen molar-refractivity contribution < 1.29 is 9.59 Å². The van der Waals surface area contributed by atoms with E-state index < -0.39 is 0 Å². The van der Waals surface area contributed by atoms with E-state index in [2.05, 4.69) is 36.1 Å². The molecular weight excluding hydrogens is 376 g/mol. The van der Waals surface area contributed by atoms with Gasteiger partial charge in [-0.05, 0) is 35.2 Å². The van der Waals surface area contributed by atoms with Crippen LogP contribution in [-0.2, 0) is 11.8 Å². The smallest absolute Gasteiger partial charge is 0.258 e. The Morgan fingerprint density at radius 2 is 1.77 bits per heavy atom. The Balaban J connectivity index is 1.73. The van der Waals surface area contributed by atoms with E-state index in [1.165, 1.54) is 4.90 Å². The van der Waals surface area contributed by atoms with E-state index >= 15 is 0 Å². The van der Waals surface area contributed by atoms with Crippen molar-refractivity contribution in [2.45, 2.75) is 32.6 Å². The Morgan fingerprint density at radius 1 is 1.07 bits per heavy atom. The van der Waals surface area contributed by atoms with Crippen LogP contribution in [-0.4, -0.2) is 35.4 Å². The molecule has 0 aliphatic carbocycles. The van der Waals surface area contributed by atoms with E-state index in [1.54, 1.807) is 37.6 Å². The molecule has 30 heavy (non-hydrogen) atoms. The molecule has 3 rings (SSSR count). The quantitative estimate of drug-likeness (QED) is 0.653. The number of aromatic amines is 1. The number of rotatable bonds is 6. The maximum atomic E-state index is 13.0. The summed E-state index contributed by atoms with van der Waals surface area (Å²) in [6.45, 7) is 6.86. The number of carbonyl (C=O) groups excluding carboxylic acids is 2. The molecular formula is C24H28N4O2. The first kappa shape index (κ1) is 21.3. The highest BCUT2D eigenvalue weighted by molar-refractivity contribution is 6.10. The van der Waals surface area contributed by atoms with Gasteiger partial charge in [0, 0.05) is 38.0 Å². The van der Waals surface area contributed by atoms with E-state index in [1.807, 2.05) is 30.3 Å². The molecule has 0 unspecified atom stereocenters. The molecule has 2 amide bonds. The number of anilines is 1. The van der Waals surface area contributed by atoms with Crippen LogP contribution in [0.1, 0.15) is 52.9 Å². The number of carbonyl (C=O) groups is 2. The van der Waals surface area contributed by atoms with Crippen molar-refractivity contribution in [3.05, 3.63) is 83.4 Å². The first-order valence-corrected chi connectivity index (χ1v) is 10.0. The van der Waals surface area contributed by atoms with Crippen molar-refractivity contribution in [3.8, 4) is 0 Å². The summed E-state index contributed by atoms with van der Waals surface area (Å²) in [6, 6.07) is 14.8. The Kier molecular flexibility index (Phi) is 6.35. The predicted octanol–water partition coefficient (Wildman–Crippen LogP) is 3.96. The highest BCUT2D eigenvalue weighted by Crippen LogP contribution is 2.24. The molecule has 0 saturated carbocycles. The second kappa shape index (κ2) is 8.95. The molecule has 156 valence electrons. The summed E-state index contributed by atoms with van der Waals surface area (Å²) in [6.07, 6.45) is 4.04. The first-order valence-electron chi connectivity index (χ1n) is 10.0. The summed E-state index contributed by atoms with van der Waals surface area (Å²) in [5.74, 6) is 0.431. The van der Waals surface area contributed by atoms with Crippen molar-refractivity contribution >= 4 is 17.5 Å². The molecule has 2 N–H and O–H groups in total. The van der Waals surface area contributed by atoms with E-state index in [0.29, 0.717) is 29.8 Å².